The van der Waals surface area contributed by atoms with Crippen molar-refractivity contribution in [2.24, 2.45) is 5.92 Å². The first-order valence-electron chi connectivity index (χ1n) is 16.3. The maximum Gasteiger partial charge on any atom is 0.245 e. The van der Waals surface area contributed by atoms with Crippen molar-refractivity contribution in [2.75, 3.05) is 39.3 Å². The quantitative estimate of drug-likeness (QED) is 0.410. The molecule has 2 aromatic rings. The molecule has 2 N–H and O–H groups in total. The van der Waals surface area contributed by atoms with Gasteiger partial charge in [-0.05, 0) is 87.4 Å². The third kappa shape index (κ3) is 7.99. The monoisotopic (exact) mass is 607 g/mol. The van der Waals surface area contributed by atoms with Crippen LogP contribution < -0.4 is 10.6 Å². The molecule has 5 rings (SSSR count). The van der Waals surface area contributed by atoms with E-state index in [4.69, 9.17) is 11.6 Å². The summed E-state index contributed by atoms with van der Waals surface area (Å²) in [6, 6.07) is 16.1. The summed E-state index contributed by atoms with van der Waals surface area (Å²) in [6.45, 7) is 14.7. The SMILES string of the molecule is CC(C)CN(C1CCN(C(C)C)CC1)[C@H]1CCN(C(=O)[C@@H](Cc2ccc(Cl)cc2)NC(=O)[C@H]2NCCc3ccccc32)C1. The summed E-state index contributed by atoms with van der Waals surface area (Å²) in [7, 11) is 0. The maximum absolute atomic E-state index is 14.2. The van der Waals surface area contributed by atoms with E-state index in [0.29, 0.717) is 42.0 Å². The Morgan fingerprint density at radius 3 is 2.37 bits per heavy atom. The van der Waals surface area contributed by atoms with Gasteiger partial charge in [-0.15, -0.1) is 0 Å². The van der Waals surface area contributed by atoms with E-state index in [0.717, 1.165) is 56.7 Å². The number of carbonyl (C=O) groups is 2. The largest absolute Gasteiger partial charge is 0.342 e. The number of halogens is 1. The van der Waals surface area contributed by atoms with Gasteiger partial charge in [0.15, 0.2) is 0 Å². The summed E-state index contributed by atoms with van der Waals surface area (Å²) in [4.78, 5) is 35.2. The molecule has 7 nitrogen and oxygen atoms in total. The van der Waals surface area contributed by atoms with Gasteiger partial charge in [0.05, 0.1) is 0 Å². The average Bonchev–Trinajstić information content (AvgIpc) is 3.50. The van der Waals surface area contributed by atoms with E-state index in [1.165, 1.54) is 18.4 Å². The Labute approximate surface area is 263 Å². The average molecular weight is 608 g/mol. The van der Waals surface area contributed by atoms with Crippen molar-refractivity contribution in [2.45, 2.75) is 90.0 Å². The number of piperidine rings is 1. The lowest BCUT2D eigenvalue weighted by molar-refractivity contribution is -0.136. The number of carbonyl (C=O) groups excluding carboxylic acids is 2. The van der Waals surface area contributed by atoms with Crippen LogP contribution in [0.2, 0.25) is 5.02 Å². The first kappa shape index (κ1) is 32.0. The molecule has 234 valence electrons. The fraction of sp³-hybridized carbons (Fsp3) is 0.600. The van der Waals surface area contributed by atoms with Gasteiger partial charge < -0.3 is 20.4 Å². The van der Waals surface area contributed by atoms with Crippen LogP contribution in [0.25, 0.3) is 0 Å². The van der Waals surface area contributed by atoms with E-state index >= 15 is 0 Å². The smallest absolute Gasteiger partial charge is 0.245 e. The highest BCUT2D eigenvalue weighted by molar-refractivity contribution is 6.30. The van der Waals surface area contributed by atoms with Gasteiger partial charge >= 0.3 is 0 Å². The molecule has 0 bridgehead atoms. The highest BCUT2D eigenvalue weighted by Gasteiger charge is 2.38. The number of amides is 2. The van der Waals surface area contributed by atoms with E-state index < -0.39 is 12.1 Å². The van der Waals surface area contributed by atoms with Crippen LogP contribution in [0.5, 0.6) is 0 Å². The highest BCUT2D eigenvalue weighted by Crippen LogP contribution is 2.27. The fourth-order valence-electron chi connectivity index (χ4n) is 7.23. The fourth-order valence-corrected chi connectivity index (χ4v) is 7.36. The van der Waals surface area contributed by atoms with E-state index in [1.54, 1.807) is 0 Å². The van der Waals surface area contributed by atoms with Gasteiger partial charge in [-0.3, -0.25) is 14.5 Å². The molecule has 0 radical (unpaired) electrons. The van der Waals surface area contributed by atoms with E-state index in [1.807, 2.05) is 47.4 Å². The molecular formula is C35H50ClN5O2. The summed E-state index contributed by atoms with van der Waals surface area (Å²) < 4.78 is 0. The predicted molar refractivity (Wildman–Crippen MR) is 174 cm³/mol. The van der Waals surface area contributed by atoms with Crippen molar-refractivity contribution >= 4 is 23.4 Å². The van der Waals surface area contributed by atoms with E-state index in [2.05, 4.69) is 54.2 Å². The van der Waals surface area contributed by atoms with Crippen molar-refractivity contribution < 1.29 is 9.59 Å². The third-order valence-corrected chi connectivity index (χ3v) is 9.81. The molecule has 3 aliphatic rings. The molecule has 3 heterocycles. The Bertz CT molecular complexity index is 1230. The van der Waals surface area contributed by atoms with E-state index in [-0.39, 0.29) is 11.8 Å². The molecule has 2 saturated heterocycles. The lowest BCUT2D eigenvalue weighted by Crippen LogP contribution is -2.54. The Kier molecular flexibility index (Phi) is 10.8. The van der Waals surface area contributed by atoms with Crippen molar-refractivity contribution in [1.29, 1.82) is 0 Å². The summed E-state index contributed by atoms with van der Waals surface area (Å²) in [5.41, 5.74) is 3.17. The first-order valence-corrected chi connectivity index (χ1v) is 16.7. The molecule has 43 heavy (non-hydrogen) atoms. The molecule has 3 atom stereocenters. The number of benzene rings is 2. The number of likely N-dealkylation sites (tertiary alicyclic amines) is 2. The molecule has 0 aliphatic carbocycles. The molecule has 0 saturated carbocycles. The van der Waals surface area contributed by atoms with Crippen molar-refractivity contribution in [3.63, 3.8) is 0 Å². The second-order valence-electron chi connectivity index (χ2n) is 13.4. The zero-order valence-corrected chi connectivity index (χ0v) is 27.2. The van der Waals surface area contributed by atoms with Gasteiger partial charge in [0.2, 0.25) is 11.8 Å². The molecule has 0 spiro atoms. The van der Waals surface area contributed by atoms with Gasteiger partial charge in [0.25, 0.3) is 0 Å². The zero-order chi connectivity index (χ0) is 30.5. The molecule has 2 fully saturated rings. The molecular weight excluding hydrogens is 558 g/mol. The number of hydrogen-bond donors (Lipinski definition) is 2. The van der Waals surface area contributed by atoms with Crippen LogP contribution in [-0.2, 0) is 22.4 Å². The van der Waals surface area contributed by atoms with Crippen LogP contribution in [0.4, 0.5) is 0 Å². The van der Waals surface area contributed by atoms with Crippen LogP contribution >= 0.6 is 11.6 Å². The van der Waals surface area contributed by atoms with Gasteiger partial charge in [0, 0.05) is 55.7 Å². The molecule has 0 unspecified atom stereocenters. The summed E-state index contributed by atoms with van der Waals surface area (Å²) >= 11 is 6.16. The summed E-state index contributed by atoms with van der Waals surface area (Å²) in [5, 5.41) is 7.22. The Morgan fingerprint density at radius 1 is 0.977 bits per heavy atom. The van der Waals surface area contributed by atoms with Crippen LogP contribution in [0.3, 0.4) is 0 Å². The second kappa shape index (κ2) is 14.6. The Hall–Kier alpha value is -2.45. The van der Waals surface area contributed by atoms with Crippen molar-refractivity contribution in [3.8, 4) is 0 Å². The molecule has 2 aromatic carbocycles. The van der Waals surface area contributed by atoms with Gasteiger partial charge in [-0.2, -0.15) is 0 Å². The Morgan fingerprint density at radius 2 is 1.67 bits per heavy atom. The number of rotatable bonds is 10. The van der Waals surface area contributed by atoms with Crippen LogP contribution in [0.1, 0.15) is 69.7 Å². The number of nitrogens with zero attached hydrogens (tertiary/aromatic N) is 3. The van der Waals surface area contributed by atoms with Crippen LogP contribution in [-0.4, -0.2) is 89.9 Å². The molecule has 8 heteroatoms. The zero-order valence-electron chi connectivity index (χ0n) is 26.4. The summed E-state index contributed by atoms with van der Waals surface area (Å²) in [6.07, 6.45) is 4.66. The van der Waals surface area contributed by atoms with E-state index in [9.17, 15) is 9.59 Å². The lowest BCUT2D eigenvalue weighted by atomic mass is 9.93. The van der Waals surface area contributed by atoms with Crippen molar-refractivity contribution in [3.05, 3.63) is 70.2 Å². The number of nitrogens with one attached hydrogen (secondary N) is 2. The molecule has 2 amide bonds. The minimum atomic E-state index is -0.642. The maximum atomic E-state index is 14.2. The number of hydrogen-bond acceptors (Lipinski definition) is 5. The normalized spacial score (nSPS) is 22.3. The topological polar surface area (TPSA) is 67.9 Å². The molecule has 3 aliphatic heterocycles. The minimum Gasteiger partial charge on any atom is -0.342 e. The van der Waals surface area contributed by atoms with Gasteiger partial charge in [-0.25, -0.2) is 0 Å². The lowest BCUT2D eigenvalue weighted by Gasteiger charge is -2.43. The standard InChI is InChI=1S/C35H50ClN5O2/c1-24(2)22-41(29-14-18-39(19-15-29)25(3)4)30-16-20-40(23-30)35(43)32(21-26-9-11-28(36)12-10-26)38-34(42)33-31-8-6-5-7-27(31)13-17-37-33/h5-12,24-25,29-30,32-33,37H,13-23H2,1-4H3,(H,38,42)/t30-,32+,33-/m0/s1. The first-order chi connectivity index (χ1) is 20.7. The highest BCUT2D eigenvalue weighted by atomic mass is 35.5. The van der Waals surface area contributed by atoms with Crippen LogP contribution in [0.15, 0.2) is 48.5 Å². The van der Waals surface area contributed by atoms with Gasteiger partial charge in [-0.1, -0.05) is 61.8 Å². The predicted octanol–water partition coefficient (Wildman–Crippen LogP) is 4.69. The van der Waals surface area contributed by atoms with Crippen LogP contribution in [0, 0.1) is 5.92 Å². The van der Waals surface area contributed by atoms with Gasteiger partial charge in [0.1, 0.15) is 12.1 Å². The molecule has 0 aromatic heterocycles. The second-order valence-corrected chi connectivity index (χ2v) is 13.8. The minimum absolute atomic E-state index is 0.00835. The third-order valence-electron chi connectivity index (χ3n) is 9.56. The van der Waals surface area contributed by atoms with Crippen molar-refractivity contribution in [1.82, 2.24) is 25.3 Å². The Balaban J connectivity index is 1.30. The summed E-state index contributed by atoms with van der Waals surface area (Å²) in [5.74, 6) is 0.429. The number of fused-ring (bicyclic) bond motifs is 1.